The molecule has 17 heterocycles. The molecule has 0 radical (unpaired) electrons. The summed E-state index contributed by atoms with van der Waals surface area (Å²) in [6.45, 7) is 28.3. The van der Waals surface area contributed by atoms with E-state index in [0.29, 0.717) is 80.3 Å². The molecule has 0 spiro atoms. The van der Waals surface area contributed by atoms with Crippen LogP contribution in [0.2, 0.25) is 0 Å². The molecule has 1 aliphatic rings. The topological polar surface area (TPSA) is 398 Å². The average molecular weight is 1390 g/mol. The fraction of sp³-hybridized carbons (Fsp3) is 0.333. The molecule has 0 saturated carbocycles. The van der Waals surface area contributed by atoms with Crippen LogP contribution in [-0.2, 0) is 11.3 Å². The monoisotopic (exact) mass is 1390 g/mol. The van der Waals surface area contributed by atoms with Crippen LogP contribution in [0.5, 0.6) is 0 Å². The lowest BCUT2D eigenvalue weighted by atomic mass is 10.4. The van der Waals surface area contributed by atoms with Crippen molar-refractivity contribution in [2.24, 2.45) is 0 Å². The summed E-state index contributed by atoms with van der Waals surface area (Å²) in [5, 5.41) is 3.24. The van der Waals surface area contributed by atoms with Gasteiger partial charge in [0.2, 0.25) is 34.6 Å². The van der Waals surface area contributed by atoms with E-state index < -0.39 is 11.4 Å². The predicted octanol–water partition coefficient (Wildman–Crippen LogP) is 6.94. The molecule has 0 aromatic carbocycles. The Morgan fingerprint density at radius 3 is 1.71 bits per heavy atom. The zero-order chi connectivity index (χ0) is 73.3. The minimum absolute atomic E-state index is 0.0195. The lowest BCUT2D eigenvalue weighted by molar-refractivity contribution is -0.115. The van der Waals surface area contributed by atoms with Gasteiger partial charge in [-0.05, 0) is 103 Å². The molecule has 36 heteroatoms. The molecule has 0 bridgehead atoms. The number of amides is 1. The van der Waals surface area contributed by atoms with Crippen molar-refractivity contribution in [3.63, 3.8) is 0 Å². The molecule has 530 valence electrons. The van der Waals surface area contributed by atoms with E-state index in [1.165, 1.54) is 27.8 Å². The maximum atomic E-state index is 13.3. The average Bonchev–Trinajstić information content (AvgIpc) is 1.61. The molecule has 0 unspecified atom stereocenters. The van der Waals surface area contributed by atoms with Crippen molar-refractivity contribution >= 4 is 90.4 Å². The first-order valence-corrected chi connectivity index (χ1v) is 32.6. The van der Waals surface area contributed by atoms with Crippen molar-refractivity contribution in [1.29, 1.82) is 0 Å². The van der Waals surface area contributed by atoms with Gasteiger partial charge in [-0.3, -0.25) is 66.7 Å². The lowest BCUT2D eigenvalue weighted by Crippen LogP contribution is -2.20. The molecule has 1 amide bonds. The summed E-state index contributed by atoms with van der Waals surface area (Å²) < 4.78 is 34.5. The van der Waals surface area contributed by atoms with E-state index in [1.807, 2.05) is 99.7 Å². The number of anilines is 1. The first-order valence-electron chi connectivity index (χ1n) is 32.6. The summed E-state index contributed by atoms with van der Waals surface area (Å²) in [4.78, 5) is 144. The van der Waals surface area contributed by atoms with Crippen LogP contribution in [0.3, 0.4) is 0 Å². The highest BCUT2D eigenvalue weighted by Gasteiger charge is 2.24. The van der Waals surface area contributed by atoms with Gasteiger partial charge in [-0.15, -0.1) is 0 Å². The summed E-state index contributed by atoms with van der Waals surface area (Å²) in [7, 11) is 0. The third-order valence-electron chi connectivity index (χ3n) is 16.3. The number of aromatic amines is 4. The molecule has 0 saturated heterocycles. The molecule has 0 atom stereocenters. The standard InChI is InChI=1S/C10H11N5O2.2C10H11N5O.C9H10FN3O.3C9H11N3O/c1-5(2)15-4-11-7-8(15)13-10-12-6(16)3-14(10)9(7)17;1-6(2)15-5-12-7-8(16)13-10-11-3-4-14(10)9(7)15;1-6(2)15-5-12-7-8(15)13-10-11-3-4-14(10)9(7)16;1-5(2)13-3-6(10)7-8(13)11-4-12-9(7)14;1-7(2)11-5-3-8(13)12-6-4-10-9(11)12;1-7(2)11-5-3-8(13)9-10-4-6-12(9)11;1-6(2)12-4-3-7-8(12)10-5-11-9(7)13/h4-5H,3H2,1-2H3,(H,12,13,16);3-6H,1-2H3,(H,11,13,16);3-6H,1-2H3,(H,11,13);3-5H,1-2H3,(H,11,12,14);2*3-7H,1-2H3;3-6H,1-2H3,(H,10,11,13). The zero-order valence-electron chi connectivity index (χ0n) is 58.3. The number of aromatic nitrogens is 26. The Labute approximate surface area is 575 Å². The molecular formula is C66H76FN27O8. The van der Waals surface area contributed by atoms with Gasteiger partial charge in [-0.25, -0.2) is 58.2 Å². The number of rotatable bonds is 7. The second-order valence-electron chi connectivity index (χ2n) is 25.5. The van der Waals surface area contributed by atoms with Crippen molar-refractivity contribution in [1.82, 2.24) is 124 Å². The van der Waals surface area contributed by atoms with Gasteiger partial charge < -0.3 is 42.4 Å². The van der Waals surface area contributed by atoms with Gasteiger partial charge in [0.25, 0.3) is 33.4 Å². The van der Waals surface area contributed by atoms with Crippen LogP contribution >= 0.6 is 0 Å². The van der Waals surface area contributed by atoms with E-state index >= 15 is 0 Å². The summed E-state index contributed by atoms with van der Waals surface area (Å²) in [5.74, 6) is 1.33. The van der Waals surface area contributed by atoms with Crippen LogP contribution in [-0.4, -0.2) is 130 Å². The number of carbonyl (C=O) groups excluding carboxylic acids is 1. The van der Waals surface area contributed by atoms with E-state index in [1.54, 1.807) is 106 Å². The van der Waals surface area contributed by atoms with Crippen molar-refractivity contribution in [2.45, 2.75) is 146 Å². The summed E-state index contributed by atoms with van der Waals surface area (Å²) in [6, 6.07) is 6.58. The molecular weight excluding hydrogens is 1320 g/mol. The van der Waals surface area contributed by atoms with Gasteiger partial charge in [-0.2, -0.15) is 4.98 Å². The second kappa shape index (κ2) is 29.0. The number of fused-ring (bicyclic) bond motifs is 11. The third kappa shape index (κ3) is 13.7. The maximum Gasteiger partial charge on any atom is 0.287 e. The summed E-state index contributed by atoms with van der Waals surface area (Å²) in [6.07, 6.45) is 27.8. The Kier molecular flexibility index (Phi) is 20.0. The molecule has 16 aromatic rings. The molecule has 35 nitrogen and oxygen atoms in total. The van der Waals surface area contributed by atoms with E-state index in [-0.39, 0.29) is 75.2 Å². The Balaban J connectivity index is 0.000000120. The van der Waals surface area contributed by atoms with Crippen molar-refractivity contribution in [3.8, 4) is 0 Å². The molecule has 5 N–H and O–H groups in total. The molecule has 102 heavy (non-hydrogen) atoms. The van der Waals surface area contributed by atoms with Crippen LogP contribution in [0.1, 0.15) is 139 Å². The number of hydrogen-bond donors (Lipinski definition) is 5. The van der Waals surface area contributed by atoms with Gasteiger partial charge in [0.15, 0.2) is 45.0 Å². The van der Waals surface area contributed by atoms with E-state index in [9.17, 15) is 42.7 Å². The van der Waals surface area contributed by atoms with Crippen LogP contribution in [0.4, 0.5) is 10.3 Å². The quantitative estimate of drug-likeness (QED) is 0.108. The zero-order valence-corrected chi connectivity index (χ0v) is 58.3. The molecule has 16 aromatic heterocycles. The number of H-pyrrole nitrogens is 4. The Bertz CT molecular complexity index is 6060. The number of halogens is 1. The first kappa shape index (κ1) is 70.5. The molecule has 1 aliphatic heterocycles. The van der Waals surface area contributed by atoms with E-state index in [4.69, 9.17) is 0 Å². The number of imidazole rings is 7. The van der Waals surface area contributed by atoms with Gasteiger partial charge >= 0.3 is 0 Å². The minimum Gasteiger partial charge on any atom is -0.330 e. The van der Waals surface area contributed by atoms with Gasteiger partial charge in [0.05, 0.1) is 37.0 Å². The van der Waals surface area contributed by atoms with E-state index in [2.05, 4.69) is 117 Å². The van der Waals surface area contributed by atoms with Gasteiger partial charge in [-0.1, -0.05) is 0 Å². The highest BCUT2D eigenvalue weighted by Crippen LogP contribution is 2.21. The van der Waals surface area contributed by atoms with Crippen molar-refractivity contribution in [3.05, 3.63) is 202 Å². The Morgan fingerprint density at radius 2 is 1.03 bits per heavy atom. The fourth-order valence-electron chi connectivity index (χ4n) is 11.2. The number of nitrogens with zero attached hydrogens (tertiary/aromatic N) is 22. The van der Waals surface area contributed by atoms with Gasteiger partial charge in [0, 0.05) is 129 Å². The largest absolute Gasteiger partial charge is 0.330 e. The SMILES string of the molecule is CC(C)n1cc(F)c2c(=O)[nH]cnc21.CC(C)n1ccc(=O)c2nccn21.CC(C)n1ccc(=O)n2ccnc12.CC(C)n1ccc2c(=O)[nH]cnc21.CC(C)n1cnc2c(=O)[nH]c3nccn3c21.CC(C)n1cnc2c(=O)n3c(nc21)NC(=O)C3.CC(C)n1cnc2c(=O)n3ccnc3[nH]c21. The molecule has 0 aliphatic carbocycles. The molecule has 0 fully saturated rings. The Hall–Kier alpha value is -12.8. The van der Waals surface area contributed by atoms with Crippen molar-refractivity contribution < 1.29 is 9.18 Å². The van der Waals surface area contributed by atoms with Crippen LogP contribution in [0.25, 0.3) is 78.5 Å². The highest BCUT2D eigenvalue weighted by molar-refractivity contribution is 5.93. The normalized spacial score (nSPS) is 12.0. The molecule has 17 rings (SSSR count). The number of hydrogen-bond acceptors (Lipinski definition) is 18. The van der Waals surface area contributed by atoms with Gasteiger partial charge in [0.1, 0.15) is 23.2 Å². The second-order valence-corrected chi connectivity index (χ2v) is 25.5. The smallest absolute Gasteiger partial charge is 0.287 e. The Morgan fingerprint density at radius 1 is 0.451 bits per heavy atom. The highest BCUT2D eigenvalue weighted by atomic mass is 19.1. The van der Waals surface area contributed by atoms with E-state index in [0.717, 1.165) is 16.9 Å². The number of nitrogens with one attached hydrogen (secondary N) is 5. The predicted molar refractivity (Wildman–Crippen MR) is 381 cm³/mol. The van der Waals surface area contributed by atoms with Crippen molar-refractivity contribution in [2.75, 3.05) is 5.32 Å². The summed E-state index contributed by atoms with van der Waals surface area (Å²) in [5.41, 5.74) is 3.62. The third-order valence-corrected chi connectivity index (χ3v) is 16.3. The summed E-state index contributed by atoms with van der Waals surface area (Å²) >= 11 is 0. The first-order chi connectivity index (χ1) is 48.6. The van der Waals surface area contributed by atoms with Crippen LogP contribution in [0, 0.1) is 5.82 Å². The number of carbonyl (C=O) groups is 1. The lowest BCUT2D eigenvalue weighted by Gasteiger charge is -2.12. The minimum atomic E-state index is -0.525. The fourth-order valence-corrected chi connectivity index (χ4v) is 11.2. The van der Waals surface area contributed by atoms with Crippen LogP contribution < -0.4 is 44.1 Å². The van der Waals surface area contributed by atoms with Crippen LogP contribution in [0.15, 0.2) is 158 Å². The maximum absolute atomic E-state index is 13.3.